The maximum atomic E-state index is 12.1. The van der Waals surface area contributed by atoms with Crippen molar-refractivity contribution < 1.29 is 14.3 Å². The van der Waals surface area contributed by atoms with Crippen LogP contribution in [0.5, 0.6) is 11.5 Å². The molecule has 2 aromatic heterocycles. The van der Waals surface area contributed by atoms with Crippen LogP contribution >= 0.6 is 22.7 Å². The molecule has 0 atom stereocenters. The van der Waals surface area contributed by atoms with Gasteiger partial charge in [-0.25, -0.2) is 0 Å². The number of benzene rings is 5. The third-order valence-electron chi connectivity index (χ3n) is 12.9. The van der Waals surface area contributed by atoms with Gasteiger partial charge in [0.2, 0.25) is 0 Å². The van der Waals surface area contributed by atoms with Crippen LogP contribution in [0.1, 0.15) is 97.8 Å². The molecule has 0 fully saturated rings. The molecular weight excluding hydrogens is 763 g/mol. The minimum Gasteiger partial charge on any atom is -0.485 e. The number of thiophene rings is 2. The summed E-state index contributed by atoms with van der Waals surface area (Å²) >= 11 is 3.27. The van der Waals surface area contributed by atoms with Gasteiger partial charge in [-0.1, -0.05) is 127 Å². The van der Waals surface area contributed by atoms with Crippen LogP contribution < -0.4 is 14.4 Å². The Morgan fingerprint density at radius 1 is 0.593 bits per heavy atom. The van der Waals surface area contributed by atoms with Crippen LogP contribution in [-0.4, -0.2) is 19.5 Å². The molecule has 0 spiro atoms. The molecule has 59 heavy (non-hydrogen) atoms. The molecule has 3 heterocycles. The lowest BCUT2D eigenvalue weighted by molar-refractivity contribution is 0.111. The first-order chi connectivity index (χ1) is 28.7. The minimum atomic E-state index is -0.116. The number of rotatable bonds is 11. The number of hydrogen-bond acceptors (Lipinski definition) is 6. The van der Waals surface area contributed by atoms with Gasteiger partial charge < -0.3 is 14.4 Å². The van der Waals surface area contributed by atoms with Gasteiger partial charge in [0.25, 0.3) is 0 Å². The molecule has 4 nitrogen and oxygen atoms in total. The zero-order valence-electron chi connectivity index (χ0n) is 34.5. The Kier molecular flexibility index (Phi) is 9.41. The van der Waals surface area contributed by atoms with Crippen molar-refractivity contribution in [3.05, 3.63) is 148 Å². The van der Waals surface area contributed by atoms with Crippen LogP contribution in [0.25, 0.3) is 42.4 Å². The molecule has 296 valence electrons. The van der Waals surface area contributed by atoms with Gasteiger partial charge in [0, 0.05) is 37.6 Å². The number of aryl methyl sites for hydroxylation is 1. The van der Waals surface area contributed by atoms with Crippen LogP contribution in [0.2, 0.25) is 0 Å². The number of ether oxygens (including phenoxy) is 2. The standard InChI is InChI=1S/C53H49NO3S2/c1-6-7-8-9-14-34-29-46(51-49-48(47(32-55)59-51)56-27-28-57-49)58-50(34)33-19-21-35(22-20-33)54(36-23-25-40-38-15-10-12-17-42(38)52(2,3)44(40)30-36)37-24-26-41-39-16-11-13-18-43(39)53(4,5)45(41)31-37/h10-13,15-26,29-32H,6-9,14,27-28H2,1-5H3. The second-order valence-electron chi connectivity index (χ2n) is 17.2. The van der Waals surface area contributed by atoms with Crippen molar-refractivity contribution in [2.75, 3.05) is 18.1 Å². The maximum Gasteiger partial charge on any atom is 0.183 e. The predicted molar refractivity (Wildman–Crippen MR) is 247 cm³/mol. The van der Waals surface area contributed by atoms with Gasteiger partial charge in [0.05, 0.1) is 4.88 Å². The summed E-state index contributed by atoms with van der Waals surface area (Å²) in [5.74, 6) is 1.30. The van der Waals surface area contributed by atoms with Gasteiger partial charge in [-0.3, -0.25) is 4.79 Å². The highest BCUT2D eigenvalue weighted by atomic mass is 32.1. The average molecular weight is 812 g/mol. The lowest BCUT2D eigenvalue weighted by atomic mass is 9.82. The van der Waals surface area contributed by atoms with E-state index in [-0.39, 0.29) is 10.8 Å². The summed E-state index contributed by atoms with van der Waals surface area (Å²) < 4.78 is 12.1. The van der Waals surface area contributed by atoms with Gasteiger partial charge in [0.15, 0.2) is 17.8 Å². The number of carbonyl (C=O) groups is 1. The monoisotopic (exact) mass is 811 g/mol. The molecule has 0 bridgehead atoms. The molecule has 7 aromatic rings. The number of nitrogens with zero attached hydrogens (tertiary/aromatic N) is 1. The Bertz CT molecular complexity index is 2640. The van der Waals surface area contributed by atoms with E-state index in [9.17, 15) is 4.79 Å². The van der Waals surface area contributed by atoms with Crippen molar-refractivity contribution in [1.82, 2.24) is 0 Å². The van der Waals surface area contributed by atoms with Gasteiger partial charge in [-0.05, 0) is 111 Å². The second-order valence-corrected chi connectivity index (χ2v) is 19.3. The number of unbranched alkanes of at least 4 members (excludes halogenated alkanes) is 3. The summed E-state index contributed by atoms with van der Waals surface area (Å²) in [5.41, 5.74) is 16.5. The van der Waals surface area contributed by atoms with Crippen molar-refractivity contribution in [2.24, 2.45) is 0 Å². The molecule has 0 amide bonds. The van der Waals surface area contributed by atoms with Gasteiger partial charge in [-0.15, -0.1) is 22.7 Å². The predicted octanol–water partition coefficient (Wildman–Crippen LogP) is 14.9. The third kappa shape index (κ3) is 6.17. The normalized spacial score (nSPS) is 15.0. The molecule has 6 heteroatoms. The molecule has 10 rings (SSSR count). The average Bonchev–Trinajstić information content (AvgIpc) is 3.98. The molecule has 5 aromatic carbocycles. The van der Waals surface area contributed by atoms with Crippen molar-refractivity contribution >= 4 is 46.0 Å². The smallest absolute Gasteiger partial charge is 0.183 e. The zero-order valence-corrected chi connectivity index (χ0v) is 36.1. The fourth-order valence-electron chi connectivity index (χ4n) is 9.80. The number of hydrogen-bond donors (Lipinski definition) is 0. The highest BCUT2D eigenvalue weighted by Gasteiger charge is 2.38. The van der Waals surface area contributed by atoms with Gasteiger partial charge in [0.1, 0.15) is 18.1 Å². The molecule has 0 saturated carbocycles. The Hall–Kier alpha value is -5.43. The molecule has 0 saturated heterocycles. The van der Waals surface area contributed by atoms with E-state index >= 15 is 0 Å². The van der Waals surface area contributed by atoms with Crippen LogP contribution in [0.15, 0.2) is 115 Å². The number of carbonyl (C=O) groups excluding carboxylic acids is 1. The summed E-state index contributed by atoms with van der Waals surface area (Å²) in [4.78, 5) is 18.5. The van der Waals surface area contributed by atoms with Crippen LogP contribution in [0, 0.1) is 0 Å². The van der Waals surface area contributed by atoms with Crippen LogP contribution in [0.4, 0.5) is 17.1 Å². The Morgan fingerprint density at radius 3 is 1.75 bits per heavy atom. The number of anilines is 3. The van der Waals surface area contributed by atoms with E-state index in [1.165, 1.54) is 91.1 Å². The van der Waals surface area contributed by atoms with E-state index in [4.69, 9.17) is 9.47 Å². The largest absolute Gasteiger partial charge is 0.485 e. The molecule has 0 unspecified atom stereocenters. The number of fused-ring (bicyclic) bond motifs is 7. The van der Waals surface area contributed by atoms with E-state index in [1.54, 1.807) is 11.3 Å². The SMILES string of the molecule is CCCCCCc1cc(-c2sc(C=O)c3c2OCCO3)sc1-c1ccc(N(c2ccc3c(c2)C(C)(C)c2ccccc2-3)c2ccc3c(c2)C(C)(C)c2ccccc2-3)cc1. The second kappa shape index (κ2) is 14.7. The summed E-state index contributed by atoms with van der Waals surface area (Å²) in [5, 5.41) is 0. The first kappa shape index (κ1) is 37.8. The van der Waals surface area contributed by atoms with E-state index in [1.807, 2.05) is 0 Å². The first-order valence-corrected chi connectivity index (χ1v) is 22.7. The van der Waals surface area contributed by atoms with Crippen LogP contribution in [0.3, 0.4) is 0 Å². The Morgan fingerprint density at radius 2 is 1.15 bits per heavy atom. The number of aldehydes is 1. The summed E-state index contributed by atoms with van der Waals surface area (Å²) in [7, 11) is 0. The topological polar surface area (TPSA) is 38.8 Å². The summed E-state index contributed by atoms with van der Waals surface area (Å²) in [6.45, 7) is 12.6. The minimum absolute atomic E-state index is 0.116. The molecule has 1 aliphatic heterocycles. The molecule has 2 aliphatic carbocycles. The molecule has 0 radical (unpaired) electrons. The lowest BCUT2D eigenvalue weighted by Gasteiger charge is -2.30. The van der Waals surface area contributed by atoms with Crippen molar-refractivity contribution in [3.8, 4) is 53.9 Å². The van der Waals surface area contributed by atoms with E-state index in [0.717, 1.165) is 45.9 Å². The summed E-state index contributed by atoms with van der Waals surface area (Å²) in [6.07, 6.45) is 6.69. The van der Waals surface area contributed by atoms with E-state index in [0.29, 0.717) is 29.6 Å². The maximum absolute atomic E-state index is 12.1. The molecular formula is C53H49NO3S2. The lowest BCUT2D eigenvalue weighted by Crippen LogP contribution is -2.18. The highest BCUT2D eigenvalue weighted by molar-refractivity contribution is 7.25. The van der Waals surface area contributed by atoms with E-state index < -0.39 is 0 Å². The van der Waals surface area contributed by atoms with Gasteiger partial charge >= 0.3 is 0 Å². The molecule has 0 N–H and O–H groups in total. The Balaban J connectivity index is 1.08. The Labute approximate surface area is 356 Å². The summed E-state index contributed by atoms with van der Waals surface area (Å²) in [6, 6.07) is 43.4. The van der Waals surface area contributed by atoms with E-state index in [2.05, 4.69) is 155 Å². The van der Waals surface area contributed by atoms with Crippen molar-refractivity contribution in [3.63, 3.8) is 0 Å². The van der Waals surface area contributed by atoms with Crippen LogP contribution in [-0.2, 0) is 17.3 Å². The molecule has 3 aliphatic rings. The van der Waals surface area contributed by atoms with Crippen molar-refractivity contribution in [2.45, 2.75) is 77.6 Å². The first-order valence-electron chi connectivity index (χ1n) is 21.1. The fraction of sp³-hybridized carbons (Fsp3) is 0.264. The highest BCUT2D eigenvalue weighted by Crippen LogP contribution is 2.55. The van der Waals surface area contributed by atoms with Crippen molar-refractivity contribution in [1.29, 1.82) is 0 Å². The fourth-order valence-corrected chi connectivity index (χ4v) is 12.1. The third-order valence-corrected chi connectivity index (χ3v) is 15.4. The zero-order chi connectivity index (χ0) is 40.5. The van der Waals surface area contributed by atoms with Gasteiger partial charge in [-0.2, -0.15) is 0 Å². The quantitative estimate of drug-likeness (QED) is 0.0963.